The number of rotatable bonds is 11. The number of halogens is 7. The predicted octanol–water partition coefficient (Wildman–Crippen LogP) is 8.69. The quantitative estimate of drug-likeness (QED) is 0.0848. The van der Waals surface area contributed by atoms with E-state index in [0.717, 1.165) is 0 Å². The molecular weight excluding hydrogens is 666 g/mol. The molecule has 0 amide bonds. The minimum atomic E-state index is -5.55. The summed E-state index contributed by atoms with van der Waals surface area (Å²) in [6.45, 7) is 2.90. The molecule has 0 radical (unpaired) electrons. The molecule has 0 saturated carbocycles. The maximum atomic E-state index is 14.4. The SMILES string of the molecule is CCCCN(SN(c1cc(C(F)(F)F)ccc1Cl)c1c([N+](=O)[O-])cc([N+](=O)[O-])cc1C(F)(F)F)S(=O)(=O)c1ccc(C)cc1. The standard InChI is InChI=1S/C25H21ClF6N4O6S2/c1-3-4-11-33(44(41,42)18-8-5-15(2)6-9-18)43-34(21-12-16(24(27,28)29)7-10-20(21)26)23-19(25(30,31)32)13-17(35(37)38)14-22(23)36(39)40/h5-10,12-14H,3-4,11H2,1-2H3. The zero-order valence-corrected chi connectivity index (χ0v) is 24.9. The second-order valence-corrected chi connectivity index (χ2v) is 12.6. The molecule has 0 heterocycles. The molecule has 44 heavy (non-hydrogen) atoms. The molecule has 0 saturated heterocycles. The third kappa shape index (κ3) is 7.72. The molecular formula is C25H21ClF6N4O6S2. The first kappa shape index (κ1) is 34.9. The number of nitro groups is 2. The van der Waals surface area contributed by atoms with E-state index in [1.807, 2.05) is 0 Å². The fraction of sp³-hybridized carbons (Fsp3) is 0.280. The van der Waals surface area contributed by atoms with Gasteiger partial charge >= 0.3 is 18.0 Å². The van der Waals surface area contributed by atoms with Crippen LogP contribution in [0.2, 0.25) is 5.02 Å². The van der Waals surface area contributed by atoms with Gasteiger partial charge in [0.15, 0.2) is 0 Å². The van der Waals surface area contributed by atoms with Crippen molar-refractivity contribution in [3.05, 3.63) is 96.5 Å². The Labute approximate surface area is 255 Å². The molecule has 10 nitrogen and oxygen atoms in total. The van der Waals surface area contributed by atoms with Crippen molar-refractivity contribution < 1.29 is 44.6 Å². The van der Waals surface area contributed by atoms with Crippen LogP contribution in [-0.4, -0.2) is 28.5 Å². The first-order chi connectivity index (χ1) is 20.3. The van der Waals surface area contributed by atoms with Crippen LogP contribution in [0.4, 0.5) is 49.1 Å². The van der Waals surface area contributed by atoms with Gasteiger partial charge < -0.3 is 0 Å². The molecule has 0 unspecified atom stereocenters. The van der Waals surface area contributed by atoms with Crippen LogP contribution in [0, 0.1) is 27.2 Å². The van der Waals surface area contributed by atoms with Crippen LogP contribution in [0.3, 0.4) is 0 Å². The van der Waals surface area contributed by atoms with Gasteiger partial charge in [0.25, 0.3) is 15.7 Å². The lowest BCUT2D eigenvalue weighted by Gasteiger charge is -2.31. The van der Waals surface area contributed by atoms with E-state index in [1.54, 1.807) is 13.8 Å². The molecule has 0 aliphatic heterocycles. The summed E-state index contributed by atoms with van der Waals surface area (Å²) in [6.07, 6.45) is -10.2. The average Bonchev–Trinajstić information content (AvgIpc) is 2.92. The monoisotopic (exact) mass is 686 g/mol. The van der Waals surface area contributed by atoms with E-state index in [0.29, 0.717) is 27.8 Å². The Balaban J connectivity index is 2.46. The van der Waals surface area contributed by atoms with Crippen LogP contribution in [0.15, 0.2) is 59.5 Å². The number of alkyl halides is 6. The molecule has 3 aromatic carbocycles. The van der Waals surface area contributed by atoms with Gasteiger partial charge in [-0.2, -0.15) is 26.3 Å². The average molecular weight is 687 g/mol. The number of non-ortho nitro benzene ring substituents is 1. The highest BCUT2D eigenvalue weighted by Crippen LogP contribution is 2.52. The third-order valence-electron chi connectivity index (χ3n) is 5.94. The number of anilines is 2. The second kappa shape index (κ2) is 13.2. The van der Waals surface area contributed by atoms with E-state index >= 15 is 0 Å². The van der Waals surface area contributed by atoms with E-state index in [9.17, 15) is 55.0 Å². The first-order valence-corrected chi connectivity index (χ1v) is 14.8. The Morgan fingerprint density at radius 2 is 1.52 bits per heavy atom. The lowest BCUT2D eigenvalue weighted by Crippen LogP contribution is -2.31. The van der Waals surface area contributed by atoms with Crippen LogP contribution in [-0.2, 0) is 22.4 Å². The van der Waals surface area contributed by atoms with E-state index in [-0.39, 0.29) is 46.0 Å². The normalized spacial score (nSPS) is 12.4. The minimum Gasteiger partial charge on any atom is -0.262 e. The highest BCUT2D eigenvalue weighted by Gasteiger charge is 2.44. The number of unbranched alkanes of at least 4 members (excludes halogenated alkanes) is 1. The summed E-state index contributed by atoms with van der Waals surface area (Å²) in [5, 5.41) is 22.8. The van der Waals surface area contributed by atoms with Gasteiger partial charge in [-0.15, -0.1) is 3.71 Å². The molecule has 0 aliphatic carbocycles. The molecule has 3 aromatic rings. The van der Waals surface area contributed by atoms with E-state index in [1.165, 1.54) is 24.3 Å². The van der Waals surface area contributed by atoms with Crippen LogP contribution in [0.1, 0.15) is 36.5 Å². The summed E-state index contributed by atoms with van der Waals surface area (Å²) in [6, 6.07) is 6.86. The van der Waals surface area contributed by atoms with Gasteiger partial charge in [-0.25, -0.2) is 8.42 Å². The molecule has 238 valence electrons. The number of nitrogens with zero attached hydrogens (tertiary/aromatic N) is 4. The van der Waals surface area contributed by atoms with Crippen molar-refractivity contribution in [1.82, 2.24) is 3.71 Å². The van der Waals surface area contributed by atoms with E-state index in [4.69, 9.17) is 11.6 Å². The van der Waals surface area contributed by atoms with Gasteiger partial charge in [0.05, 0.1) is 54.8 Å². The molecule has 0 aliphatic rings. The molecule has 0 atom stereocenters. The molecule has 3 rings (SSSR count). The summed E-state index contributed by atoms with van der Waals surface area (Å²) in [4.78, 5) is 20.4. The van der Waals surface area contributed by atoms with Crippen molar-refractivity contribution >= 4 is 56.5 Å². The van der Waals surface area contributed by atoms with Gasteiger partial charge in [-0.1, -0.05) is 42.6 Å². The number of benzene rings is 3. The van der Waals surface area contributed by atoms with Crippen molar-refractivity contribution in [3.63, 3.8) is 0 Å². The van der Waals surface area contributed by atoms with E-state index in [2.05, 4.69) is 0 Å². The van der Waals surface area contributed by atoms with Crippen LogP contribution >= 0.6 is 23.7 Å². The van der Waals surface area contributed by atoms with Crippen molar-refractivity contribution in [2.45, 2.75) is 43.9 Å². The highest BCUT2D eigenvalue weighted by atomic mass is 35.5. The maximum Gasteiger partial charge on any atom is 0.418 e. The number of sulfonamides is 1. The molecule has 0 N–H and O–H groups in total. The largest absolute Gasteiger partial charge is 0.418 e. The Kier molecular flexibility index (Phi) is 10.4. The van der Waals surface area contributed by atoms with E-state index < -0.39 is 77.7 Å². The Morgan fingerprint density at radius 1 is 0.909 bits per heavy atom. The van der Waals surface area contributed by atoms with Crippen molar-refractivity contribution in [1.29, 1.82) is 0 Å². The van der Waals surface area contributed by atoms with Gasteiger partial charge in [0, 0.05) is 12.6 Å². The Hall–Kier alpha value is -3.61. The fourth-order valence-electron chi connectivity index (χ4n) is 3.74. The van der Waals surface area contributed by atoms with Gasteiger partial charge in [0.2, 0.25) is 0 Å². The minimum absolute atomic E-state index is 0.0394. The smallest absolute Gasteiger partial charge is 0.262 e. The van der Waals surface area contributed by atoms with Crippen LogP contribution in [0.25, 0.3) is 0 Å². The van der Waals surface area contributed by atoms with Crippen LogP contribution in [0.5, 0.6) is 0 Å². The predicted molar refractivity (Wildman–Crippen MR) is 151 cm³/mol. The lowest BCUT2D eigenvalue weighted by molar-refractivity contribution is -0.394. The van der Waals surface area contributed by atoms with Crippen molar-refractivity contribution in [2.75, 3.05) is 10.8 Å². The zero-order valence-electron chi connectivity index (χ0n) is 22.5. The molecule has 0 aromatic heterocycles. The van der Waals surface area contributed by atoms with Gasteiger partial charge in [0.1, 0.15) is 5.69 Å². The lowest BCUT2D eigenvalue weighted by atomic mass is 10.1. The zero-order chi connectivity index (χ0) is 33.2. The topological polar surface area (TPSA) is 127 Å². The van der Waals surface area contributed by atoms with Crippen LogP contribution < -0.4 is 4.31 Å². The number of hydrogen-bond donors (Lipinski definition) is 0. The molecule has 19 heteroatoms. The first-order valence-electron chi connectivity index (χ1n) is 12.3. The van der Waals surface area contributed by atoms with Gasteiger partial charge in [-0.05, 0) is 43.7 Å². The number of nitro benzene ring substituents is 2. The summed E-state index contributed by atoms with van der Waals surface area (Å²) < 4.78 is 113. The molecule has 0 spiro atoms. The summed E-state index contributed by atoms with van der Waals surface area (Å²) in [7, 11) is -4.63. The van der Waals surface area contributed by atoms with Crippen molar-refractivity contribution in [2.24, 2.45) is 0 Å². The highest BCUT2D eigenvalue weighted by molar-refractivity contribution is 8.09. The molecule has 0 fully saturated rings. The second-order valence-electron chi connectivity index (χ2n) is 9.11. The number of hydrogen-bond acceptors (Lipinski definition) is 8. The summed E-state index contributed by atoms with van der Waals surface area (Å²) >= 11 is 6.06. The summed E-state index contributed by atoms with van der Waals surface area (Å²) in [5.41, 5.74) is -8.05. The van der Waals surface area contributed by atoms with Crippen molar-refractivity contribution in [3.8, 4) is 0 Å². The third-order valence-corrected chi connectivity index (χ3v) is 9.54. The summed E-state index contributed by atoms with van der Waals surface area (Å²) in [5.74, 6) is 0. The Bertz CT molecular complexity index is 1670. The molecule has 0 bridgehead atoms. The Morgan fingerprint density at radius 3 is 2.02 bits per heavy atom. The fourth-order valence-corrected chi connectivity index (χ4v) is 6.79. The number of aryl methyl sites for hydroxylation is 1. The van der Waals surface area contributed by atoms with Gasteiger partial charge in [-0.3, -0.25) is 24.5 Å². The maximum absolute atomic E-state index is 14.4.